The number of fused-ring (bicyclic) bond motifs is 3. The zero-order valence-electron chi connectivity index (χ0n) is 14.3. The van der Waals surface area contributed by atoms with E-state index in [1.165, 1.54) is 0 Å². The van der Waals surface area contributed by atoms with Gasteiger partial charge >= 0.3 is 0 Å². The van der Waals surface area contributed by atoms with Crippen LogP contribution in [0.1, 0.15) is 28.8 Å². The van der Waals surface area contributed by atoms with Crippen molar-refractivity contribution >= 4 is 33.5 Å². The molecule has 1 fully saturated rings. The van der Waals surface area contributed by atoms with Gasteiger partial charge in [0.15, 0.2) is 5.78 Å². The van der Waals surface area contributed by atoms with Crippen LogP contribution in [0.2, 0.25) is 0 Å². The predicted molar refractivity (Wildman–Crippen MR) is 105 cm³/mol. The molecule has 1 spiro atoms. The van der Waals surface area contributed by atoms with E-state index in [4.69, 9.17) is 4.74 Å². The maximum atomic E-state index is 13.6. The molecule has 2 aliphatic rings. The minimum atomic E-state index is -0.488. The number of carbonyl (C=O) groups excluding carboxylic acids is 1. The molecule has 0 radical (unpaired) electrons. The van der Waals surface area contributed by atoms with Crippen LogP contribution < -0.4 is 4.74 Å². The van der Waals surface area contributed by atoms with Crippen LogP contribution in [0.25, 0.3) is 0 Å². The molecule has 130 valence electrons. The van der Waals surface area contributed by atoms with Crippen molar-refractivity contribution in [1.82, 2.24) is 4.90 Å². The number of thioether (sulfide) groups is 1. The fraction of sp³-hybridized carbons (Fsp3) is 0.350. The molecule has 25 heavy (non-hydrogen) atoms. The van der Waals surface area contributed by atoms with Gasteiger partial charge in [-0.1, -0.05) is 22.0 Å². The molecule has 1 saturated heterocycles. The van der Waals surface area contributed by atoms with Crippen LogP contribution in [-0.2, 0) is 5.41 Å². The van der Waals surface area contributed by atoms with Gasteiger partial charge in [-0.3, -0.25) is 4.79 Å². The van der Waals surface area contributed by atoms with Gasteiger partial charge in [0.25, 0.3) is 0 Å². The van der Waals surface area contributed by atoms with Crippen molar-refractivity contribution in [3.63, 3.8) is 0 Å². The summed E-state index contributed by atoms with van der Waals surface area (Å²) in [5, 5.41) is 0. The summed E-state index contributed by atoms with van der Waals surface area (Å²) >= 11 is 5.18. The summed E-state index contributed by atoms with van der Waals surface area (Å²) in [7, 11) is 2.12. The average Bonchev–Trinajstić information content (AvgIpc) is 2.71. The van der Waals surface area contributed by atoms with E-state index in [0.29, 0.717) is 11.3 Å². The van der Waals surface area contributed by atoms with Crippen molar-refractivity contribution in [3.05, 3.63) is 52.0 Å². The lowest BCUT2D eigenvalue weighted by molar-refractivity contribution is 0.0796. The molecule has 0 amide bonds. The molecule has 0 aromatic heterocycles. The van der Waals surface area contributed by atoms with Crippen LogP contribution in [0.3, 0.4) is 0 Å². The highest BCUT2D eigenvalue weighted by atomic mass is 79.9. The van der Waals surface area contributed by atoms with Crippen LogP contribution in [0.15, 0.2) is 45.8 Å². The van der Waals surface area contributed by atoms with Crippen molar-refractivity contribution in [2.75, 3.05) is 26.4 Å². The largest absolute Gasteiger partial charge is 0.456 e. The van der Waals surface area contributed by atoms with Gasteiger partial charge in [-0.05, 0) is 69.6 Å². The zero-order chi connectivity index (χ0) is 17.6. The Balaban J connectivity index is 1.94. The fourth-order valence-corrected chi connectivity index (χ4v) is 4.64. The Hall–Kier alpha value is -1.30. The number of halogens is 1. The first-order chi connectivity index (χ1) is 12.0. The summed E-state index contributed by atoms with van der Waals surface area (Å²) in [6.45, 7) is 1.84. The lowest BCUT2D eigenvalue weighted by Gasteiger charge is -2.39. The summed E-state index contributed by atoms with van der Waals surface area (Å²) in [4.78, 5) is 17.1. The Kier molecular flexibility index (Phi) is 4.42. The number of hydrogen-bond donors (Lipinski definition) is 0. The number of likely N-dealkylation sites (tertiary alicyclic amines) is 1. The molecule has 2 aromatic carbocycles. The van der Waals surface area contributed by atoms with E-state index in [1.54, 1.807) is 11.8 Å². The number of benzene rings is 2. The number of ketones is 1. The first kappa shape index (κ1) is 17.1. The van der Waals surface area contributed by atoms with E-state index >= 15 is 0 Å². The summed E-state index contributed by atoms with van der Waals surface area (Å²) in [5.41, 5.74) is 1.24. The van der Waals surface area contributed by atoms with E-state index in [-0.39, 0.29) is 5.78 Å². The van der Waals surface area contributed by atoms with Gasteiger partial charge < -0.3 is 9.64 Å². The third-order valence-corrected chi connectivity index (χ3v) is 6.61. The molecule has 0 aliphatic carbocycles. The highest BCUT2D eigenvalue weighted by molar-refractivity contribution is 9.10. The van der Waals surface area contributed by atoms with Crippen LogP contribution in [-0.4, -0.2) is 37.1 Å². The number of hydrogen-bond acceptors (Lipinski definition) is 4. The van der Waals surface area contributed by atoms with E-state index in [9.17, 15) is 4.79 Å². The molecule has 4 rings (SSSR count). The quantitative estimate of drug-likeness (QED) is 0.601. The highest BCUT2D eigenvalue weighted by Crippen LogP contribution is 2.49. The van der Waals surface area contributed by atoms with Crippen LogP contribution in [0.5, 0.6) is 11.5 Å². The molecular weight excluding hydrogens is 398 g/mol. The van der Waals surface area contributed by atoms with Gasteiger partial charge in [0.1, 0.15) is 11.5 Å². The van der Waals surface area contributed by atoms with Gasteiger partial charge in [-0.2, -0.15) is 0 Å². The normalized spacial score (nSPS) is 19.1. The summed E-state index contributed by atoms with van der Waals surface area (Å²) in [5.74, 6) is 1.66. The molecule has 2 aliphatic heterocycles. The van der Waals surface area contributed by atoms with Crippen LogP contribution in [0, 0.1) is 0 Å². The van der Waals surface area contributed by atoms with Crippen molar-refractivity contribution in [2.45, 2.75) is 23.2 Å². The minimum Gasteiger partial charge on any atom is -0.456 e. The van der Waals surface area contributed by atoms with Crippen molar-refractivity contribution < 1.29 is 9.53 Å². The van der Waals surface area contributed by atoms with Gasteiger partial charge in [0.2, 0.25) is 0 Å². The third-order valence-electron chi connectivity index (χ3n) is 5.39. The standard InChI is InChI=1S/C20H20BrNO2S/c1-22-9-7-20(8-10-22)16-6-4-14(25-2)12-18(16)24-17-11-13(21)3-5-15(17)19(20)23/h3-6,11-12H,7-10H2,1-2H3. The zero-order valence-corrected chi connectivity index (χ0v) is 16.7. The topological polar surface area (TPSA) is 29.5 Å². The highest BCUT2D eigenvalue weighted by Gasteiger charge is 2.46. The summed E-state index contributed by atoms with van der Waals surface area (Å²) < 4.78 is 7.19. The number of piperidine rings is 1. The van der Waals surface area contributed by atoms with Gasteiger partial charge in [-0.25, -0.2) is 0 Å². The fourth-order valence-electron chi connectivity index (χ4n) is 3.87. The second kappa shape index (κ2) is 6.45. The molecule has 2 aromatic rings. The lowest BCUT2D eigenvalue weighted by atomic mass is 9.68. The molecule has 0 saturated carbocycles. The smallest absolute Gasteiger partial charge is 0.177 e. The Morgan fingerprint density at radius 2 is 1.88 bits per heavy atom. The number of ether oxygens (including phenoxy) is 1. The molecular formula is C20H20BrNO2S. The van der Waals surface area contributed by atoms with Crippen molar-refractivity contribution in [2.24, 2.45) is 0 Å². The molecule has 0 unspecified atom stereocenters. The average molecular weight is 418 g/mol. The molecule has 0 bridgehead atoms. The van der Waals surface area contributed by atoms with E-state index < -0.39 is 5.41 Å². The Labute approximate surface area is 160 Å². The van der Waals surface area contributed by atoms with Crippen LogP contribution >= 0.6 is 27.7 Å². The second-order valence-electron chi connectivity index (χ2n) is 6.82. The number of carbonyl (C=O) groups is 1. The molecule has 3 nitrogen and oxygen atoms in total. The minimum absolute atomic E-state index is 0.193. The van der Waals surface area contributed by atoms with E-state index in [1.807, 2.05) is 18.2 Å². The van der Waals surface area contributed by atoms with Gasteiger partial charge in [0, 0.05) is 14.9 Å². The van der Waals surface area contributed by atoms with Crippen LogP contribution in [0.4, 0.5) is 0 Å². The molecule has 0 atom stereocenters. The first-order valence-electron chi connectivity index (χ1n) is 8.43. The molecule has 2 heterocycles. The van der Waals surface area contributed by atoms with E-state index in [2.05, 4.69) is 52.3 Å². The maximum Gasteiger partial charge on any atom is 0.177 e. The monoisotopic (exact) mass is 417 g/mol. The predicted octanol–water partition coefficient (Wildman–Crippen LogP) is 5.12. The van der Waals surface area contributed by atoms with Crippen molar-refractivity contribution in [1.29, 1.82) is 0 Å². The third kappa shape index (κ3) is 2.82. The van der Waals surface area contributed by atoms with Gasteiger partial charge in [0.05, 0.1) is 11.0 Å². The Bertz CT molecular complexity index is 844. The van der Waals surface area contributed by atoms with E-state index in [0.717, 1.165) is 46.6 Å². The Morgan fingerprint density at radius 1 is 1.12 bits per heavy atom. The number of rotatable bonds is 1. The lowest BCUT2D eigenvalue weighted by Crippen LogP contribution is -2.45. The number of nitrogens with zero attached hydrogens (tertiary/aromatic N) is 1. The molecule has 5 heteroatoms. The Morgan fingerprint density at radius 3 is 2.60 bits per heavy atom. The molecule has 0 N–H and O–H groups in total. The SMILES string of the molecule is CSc1ccc2c(c1)Oc1cc(Br)ccc1C(=O)C21CCN(C)CC1. The van der Waals surface area contributed by atoms with Gasteiger partial charge in [-0.15, -0.1) is 11.8 Å². The van der Waals surface area contributed by atoms with Crippen molar-refractivity contribution in [3.8, 4) is 11.5 Å². The second-order valence-corrected chi connectivity index (χ2v) is 8.61. The maximum absolute atomic E-state index is 13.6. The summed E-state index contributed by atoms with van der Waals surface area (Å²) in [6, 6.07) is 12.0. The number of Topliss-reactive ketones (excluding diaryl/α,β-unsaturated/α-hetero) is 1. The summed E-state index contributed by atoms with van der Waals surface area (Å²) in [6.07, 6.45) is 3.71. The first-order valence-corrected chi connectivity index (χ1v) is 10.4.